The quantitative estimate of drug-likeness (QED) is 0.608. The van der Waals surface area contributed by atoms with Gasteiger partial charge in [0, 0.05) is 28.7 Å². The van der Waals surface area contributed by atoms with Crippen LogP contribution in [0.25, 0.3) is 11.1 Å². The molecule has 6 N–H and O–H groups in total. The minimum absolute atomic E-state index is 0.487. The zero-order chi connectivity index (χ0) is 10.8. The predicted molar refractivity (Wildman–Crippen MR) is 62.9 cm³/mol. The van der Waals surface area contributed by atoms with Gasteiger partial charge in [0.25, 0.3) is 0 Å². The van der Waals surface area contributed by atoms with Crippen LogP contribution in [0.3, 0.4) is 0 Å². The van der Waals surface area contributed by atoms with Gasteiger partial charge >= 0.3 is 0 Å². The highest BCUT2D eigenvalue weighted by atomic mass is 14.8. The van der Waals surface area contributed by atoms with Gasteiger partial charge in [0.1, 0.15) is 5.82 Å². The van der Waals surface area contributed by atoms with Crippen molar-refractivity contribution in [1.29, 1.82) is 0 Å². The molecule has 15 heavy (non-hydrogen) atoms. The van der Waals surface area contributed by atoms with Gasteiger partial charge in [-0.05, 0) is 30.3 Å². The van der Waals surface area contributed by atoms with Crippen LogP contribution < -0.4 is 17.2 Å². The average Bonchev–Trinajstić information content (AvgIpc) is 2.23. The fourth-order valence-electron chi connectivity index (χ4n) is 1.39. The number of nitrogens with zero attached hydrogens (tertiary/aromatic N) is 1. The van der Waals surface area contributed by atoms with Gasteiger partial charge < -0.3 is 17.2 Å². The summed E-state index contributed by atoms with van der Waals surface area (Å²) >= 11 is 0. The number of hydrogen-bond acceptors (Lipinski definition) is 4. The van der Waals surface area contributed by atoms with E-state index in [1.165, 1.54) is 0 Å². The summed E-state index contributed by atoms with van der Waals surface area (Å²) in [5.41, 5.74) is 20.2. The van der Waals surface area contributed by atoms with Crippen molar-refractivity contribution in [3.05, 3.63) is 36.5 Å². The summed E-state index contributed by atoms with van der Waals surface area (Å²) in [6.45, 7) is 0. The molecule has 0 saturated heterocycles. The molecule has 0 saturated carbocycles. The largest absolute Gasteiger partial charge is 0.399 e. The van der Waals surface area contributed by atoms with E-state index in [0.29, 0.717) is 17.2 Å². The van der Waals surface area contributed by atoms with Crippen LogP contribution in [0.4, 0.5) is 17.2 Å². The fraction of sp³-hybridized carbons (Fsp3) is 0. The molecule has 1 heterocycles. The lowest BCUT2D eigenvalue weighted by molar-refractivity contribution is 1.34. The second kappa shape index (κ2) is 3.49. The van der Waals surface area contributed by atoms with Crippen LogP contribution in [0, 0.1) is 0 Å². The van der Waals surface area contributed by atoms with Crippen molar-refractivity contribution in [2.24, 2.45) is 0 Å². The molecule has 0 amide bonds. The van der Waals surface area contributed by atoms with Gasteiger partial charge in [0.2, 0.25) is 0 Å². The molecule has 0 spiro atoms. The van der Waals surface area contributed by atoms with Gasteiger partial charge in [0.15, 0.2) is 0 Å². The van der Waals surface area contributed by atoms with E-state index < -0.39 is 0 Å². The van der Waals surface area contributed by atoms with Crippen LogP contribution in [0.1, 0.15) is 0 Å². The first-order valence-electron chi connectivity index (χ1n) is 4.54. The third kappa shape index (κ3) is 1.83. The summed E-state index contributed by atoms with van der Waals surface area (Å²) in [5.74, 6) is 0.487. The third-order valence-electron chi connectivity index (χ3n) is 2.17. The van der Waals surface area contributed by atoms with Crippen molar-refractivity contribution in [3.63, 3.8) is 0 Å². The Morgan fingerprint density at radius 2 is 1.73 bits per heavy atom. The monoisotopic (exact) mass is 200 g/mol. The molecule has 1 aromatic heterocycles. The van der Waals surface area contributed by atoms with Crippen molar-refractivity contribution in [3.8, 4) is 11.1 Å². The lowest BCUT2D eigenvalue weighted by Crippen LogP contribution is -1.94. The average molecular weight is 200 g/mol. The van der Waals surface area contributed by atoms with E-state index in [-0.39, 0.29) is 0 Å². The van der Waals surface area contributed by atoms with Crippen LogP contribution in [0.2, 0.25) is 0 Å². The fourth-order valence-corrected chi connectivity index (χ4v) is 1.39. The summed E-state index contributed by atoms with van der Waals surface area (Å²) in [5, 5.41) is 0. The van der Waals surface area contributed by atoms with Gasteiger partial charge in [-0.2, -0.15) is 0 Å². The van der Waals surface area contributed by atoms with E-state index in [2.05, 4.69) is 4.98 Å². The molecule has 4 heteroatoms. The molecule has 76 valence electrons. The molecule has 0 fully saturated rings. The second-order valence-electron chi connectivity index (χ2n) is 3.32. The van der Waals surface area contributed by atoms with Crippen LogP contribution >= 0.6 is 0 Å². The van der Waals surface area contributed by atoms with E-state index in [0.717, 1.165) is 11.1 Å². The normalized spacial score (nSPS) is 10.1. The van der Waals surface area contributed by atoms with E-state index >= 15 is 0 Å². The minimum Gasteiger partial charge on any atom is -0.399 e. The molecule has 0 aliphatic heterocycles. The maximum atomic E-state index is 5.84. The molecule has 0 atom stereocenters. The summed E-state index contributed by atoms with van der Waals surface area (Å²) in [4.78, 5) is 4.01. The molecule has 0 radical (unpaired) electrons. The molecule has 0 bridgehead atoms. The highest BCUT2D eigenvalue weighted by molar-refractivity contribution is 5.78. The zero-order valence-corrected chi connectivity index (χ0v) is 8.14. The van der Waals surface area contributed by atoms with Gasteiger partial charge in [-0.3, -0.25) is 0 Å². The van der Waals surface area contributed by atoms with Crippen LogP contribution in [-0.2, 0) is 0 Å². The molecule has 0 unspecified atom stereocenters. The van der Waals surface area contributed by atoms with Gasteiger partial charge in [-0.15, -0.1) is 0 Å². The Hall–Kier alpha value is -2.23. The van der Waals surface area contributed by atoms with Gasteiger partial charge in [-0.1, -0.05) is 0 Å². The number of rotatable bonds is 1. The Morgan fingerprint density at radius 1 is 0.933 bits per heavy atom. The van der Waals surface area contributed by atoms with Crippen LogP contribution in [0.15, 0.2) is 36.5 Å². The Kier molecular flexibility index (Phi) is 2.17. The smallest absolute Gasteiger partial charge is 0.123 e. The predicted octanol–water partition coefficient (Wildman–Crippen LogP) is 1.50. The first kappa shape index (κ1) is 9.33. The van der Waals surface area contributed by atoms with Gasteiger partial charge in [0.05, 0.1) is 0 Å². The van der Waals surface area contributed by atoms with Crippen molar-refractivity contribution < 1.29 is 0 Å². The summed E-state index contributed by atoms with van der Waals surface area (Å²) in [6, 6.07) is 8.97. The number of hydrogen-bond donors (Lipinski definition) is 3. The number of aromatic nitrogens is 1. The lowest BCUT2D eigenvalue weighted by atomic mass is 10.1. The molecule has 2 aromatic rings. The number of nitrogen functional groups attached to an aromatic ring is 3. The summed E-state index contributed by atoms with van der Waals surface area (Å²) < 4.78 is 0. The number of benzene rings is 1. The van der Waals surface area contributed by atoms with Crippen molar-refractivity contribution in [2.45, 2.75) is 0 Å². The maximum absolute atomic E-state index is 5.84. The molecule has 2 rings (SSSR count). The summed E-state index contributed by atoms with van der Waals surface area (Å²) in [7, 11) is 0. The third-order valence-corrected chi connectivity index (χ3v) is 2.17. The maximum Gasteiger partial charge on any atom is 0.123 e. The molecular weight excluding hydrogens is 188 g/mol. The zero-order valence-electron chi connectivity index (χ0n) is 8.14. The second-order valence-corrected chi connectivity index (χ2v) is 3.32. The highest BCUT2D eigenvalue weighted by Gasteiger charge is 2.03. The van der Waals surface area contributed by atoms with E-state index in [9.17, 15) is 0 Å². The number of nitrogens with two attached hydrogens (primary N) is 3. The molecular formula is C11H12N4. The molecule has 0 aliphatic carbocycles. The number of anilines is 3. The van der Waals surface area contributed by atoms with Crippen LogP contribution in [0.5, 0.6) is 0 Å². The summed E-state index contributed by atoms with van der Waals surface area (Å²) in [6.07, 6.45) is 1.68. The molecule has 4 nitrogen and oxygen atoms in total. The molecule has 1 aromatic carbocycles. The minimum atomic E-state index is 0.487. The van der Waals surface area contributed by atoms with Gasteiger partial charge in [-0.25, -0.2) is 4.98 Å². The number of pyridine rings is 1. The topological polar surface area (TPSA) is 91.0 Å². The van der Waals surface area contributed by atoms with Crippen molar-refractivity contribution in [2.75, 3.05) is 17.2 Å². The first-order chi connectivity index (χ1) is 7.16. The Bertz CT molecular complexity index is 476. The van der Waals surface area contributed by atoms with E-state index in [1.54, 1.807) is 24.4 Å². The standard InChI is InChI=1S/C11H12N4/c12-8-2-3-10(13)9(5-8)7-1-4-11(14)15-6-7/h1-6H,12-13H2,(H2,14,15). The van der Waals surface area contributed by atoms with Crippen molar-refractivity contribution >= 4 is 17.2 Å². The van der Waals surface area contributed by atoms with E-state index in [1.807, 2.05) is 12.1 Å². The van der Waals surface area contributed by atoms with Crippen molar-refractivity contribution in [1.82, 2.24) is 4.98 Å². The van der Waals surface area contributed by atoms with Crippen LogP contribution in [-0.4, -0.2) is 4.98 Å². The SMILES string of the molecule is Nc1ccc(N)c(-c2ccc(N)nc2)c1. The van der Waals surface area contributed by atoms with E-state index in [4.69, 9.17) is 17.2 Å². The Labute approximate surface area is 87.7 Å². The Morgan fingerprint density at radius 3 is 2.40 bits per heavy atom. The highest BCUT2D eigenvalue weighted by Crippen LogP contribution is 2.27. The molecule has 0 aliphatic rings. The Balaban J connectivity index is 2.53. The first-order valence-corrected chi connectivity index (χ1v) is 4.54. The lowest BCUT2D eigenvalue weighted by Gasteiger charge is -2.06.